The molecule has 2 heteroatoms. The second-order valence-corrected chi connectivity index (χ2v) is 11.2. The second-order valence-electron chi connectivity index (χ2n) is 10.2. The van der Waals surface area contributed by atoms with Gasteiger partial charge in [-0.2, -0.15) is 0 Å². The molecule has 0 unspecified atom stereocenters. The first kappa shape index (κ1) is 19.4. The molecule has 1 aliphatic carbocycles. The van der Waals surface area contributed by atoms with Crippen molar-refractivity contribution in [2.75, 3.05) is 0 Å². The maximum atomic E-state index is 2.54. The van der Waals surface area contributed by atoms with Crippen molar-refractivity contribution in [1.29, 1.82) is 0 Å². The minimum atomic E-state index is -0.0202. The van der Waals surface area contributed by atoms with Crippen LogP contribution in [0.1, 0.15) is 25.0 Å². The summed E-state index contributed by atoms with van der Waals surface area (Å²) in [4.78, 5) is 0. The maximum absolute atomic E-state index is 2.54. The van der Waals surface area contributed by atoms with Gasteiger partial charge in [0.1, 0.15) is 0 Å². The number of benzene rings is 5. The summed E-state index contributed by atoms with van der Waals surface area (Å²) in [6.45, 7) is 4.72. The second kappa shape index (κ2) is 6.62. The lowest BCUT2D eigenvalue weighted by Crippen LogP contribution is -2.14. The average Bonchev–Trinajstić information content (AvgIpc) is 3.51. The van der Waals surface area contributed by atoms with Gasteiger partial charge in [0.2, 0.25) is 0 Å². The van der Waals surface area contributed by atoms with E-state index in [-0.39, 0.29) is 5.41 Å². The van der Waals surface area contributed by atoms with E-state index in [2.05, 4.69) is 122 Å². The summed E-state index contributed by atoms with van der Waals surface area (Å²) in [7, 11) is 0. The van der Waals surface area contributed by atoms with Gasteiger partial charge in [-0.1, -0.05) is 98.8 Å². The van der Waals surface area contributed by atoms with Crippen LogP contribution in [-0.4, -0.2) is 4.57 Å². The molecule has 0 saturated carbocycles. The van der Waals surface area contributed by atoms with Crippen molar-refractivity contribution in [3.8, 4) is 16.8 Å². The van der Waals surface area contributed by atoms with Crippen LogP contribution >= 0.6 is 11.3 Å². The number of para-hydroxylation sites is 1. The first-order valence-electron chi connectivity index (χ1n) is 12.2. The lowest BCUT2D eigenvalue weighted by atomic mass is 9.82. The summed E-state index contributed by atoms with van der Waals surface area (Å²) in [6, 6.07) is 38.2. The largest absolute Gasteiger partial charge is 0.307 e. The molecule has 0 amide bonds. The van der Waals surface area contributed by atoms with Crippen LogP contribution in [0.5, 0.6) is 0 Å². The summed E-state index contributed by atoms with van der Waals surface area (Å²) in [5.41, 5.74) is 9.39. The number of nitrogens with zero attached hydrogens (tertiary/aromatic N) is 1. The fourth-order valence-corrected chi connectivity index (χ4v) is 7.64. The van der Waals surface area contributed by atoms with E-state index >= 15 is 0 Å². The molecule has 0 aliphatic heterocycles. The molecule has 2 heterocycles. The van der Waals surface area contributed by atoms with Crippen LogP contribution in [0.15, 0.2) is 103 Å². The zero-order valence-corrected chi connectivity index (χ0v) is 20.5. The molecule has 166 valence electrons. The fraction of sp³-hybridized carbons (Fsp3) is 0.0909. The minimum absolute atomic E-state index is 0.0202. The summed E-state index contributed by atoms with van der Waals surface area (Å²) >= 11 is 1.91. The van der Waals surface area contributed by atoms with Gasteiger partial charge in [-0.3, -0.25) is 0 Å². The van der Waals surface area contributed by atoms with Crippen molar-refractivity contribution in [1.82, 2.24) is 4.57 Å². The first-order valence-corrected chi connectivity index (χ1v) is 13.0. The van der Waals surface area contributed by atoms with E-state index in [0.717, 1.165) is 0 Å². The highest BCUT2D eigenvalue weighted by molar-refractivity contribution is 7.26. The Balaban J connectivity index is 1.61. The normalized spacial score (nSPS) is 14.2. The number of aromatic nitrogens is 1. The molecule has 1 aliphatic rings. The predicted octanol–water partition coefficient (Wildman–Crippen LogP) is 9.46. The average molecular weight is 466 g/mol. The van der Waals surface area contributed by atoms with Crippen molar-refractivity contribution >= 4 is 53.3 Å². The Morgan fingerprint density at radius 2 is 1.31 bits per heavy atom. The van der Waals surface area contributed by atoms with E-state index in [4.69, 9.17) is 0 Å². The van der Waals surface area contributed by atoms with Gasteiger partial charge < -0.3 is 4.57 Å². The molecule has 0 N–H and O–H groups in total. The Labute approximate surface area is 207 Å². The van der Waals surface area contributed by atoms with Crippen molar-refractivity contribution in [3.05, 3.63) is 114 Å². The predicted molar refractivity (Wildman–Crippen MR) is 151 cm³/mol. The highest BCUT2D eigenvalue weighted by Crippen LogP contribution is 2.52. The monoisotopic (exact) mass is 465 g/mol. The van der Waals surface area contributed by atoms with Crippen molar-refractivity contribution in [2.45, 2.75) is 19.3 Å². The van der Waals surface area contributed by atoms with Gasteiger partial charge in [0.05, 0.1) is 21.4 Å². The summed E-state index contributed by atoms with van der Waals surface area (Å²) in [5.74, 6) is 0. The molecule has 7 aromatic rings. The summed E-state index contributed by atoms with van der Waals surface area (Å²) < 4.78 is 5.25. The number of rotatable bonds is 1. The number of hydrogen-bond acceptors (Lipinski definition) is 1. The van der Waals surface area contributed by atoms with E-state index in [9.17, 15) is 0 Å². The van der Waals surface area contributed by atoms with E-state index in [0.29, 0.717) is 0 Å². The highest BCUT2D eigenvalue weighted by atomic mass is 32.1. The Kier molecular flexibility index (Phi) is 3.67. The van der Waals surface area contributed by atoms with Gasteiger partial charge in [-0.15, -0.1) is 11.3 Å². The number of hydrogen-bond donors (Lipinski definition) is 0. The minimum Gasteiger partial charge on any atom is -0.307 e. The van der Waals surface area contributed by atoms with Crippen LogP contribution in [0.3, 0.4) is 0 Å². The van der Waals surface area contributed by atoms with Crippen molar-refractivity contribution in [3.63, 3.8) is 0 Å². The third-order valence-electron chi connectivity index (χ3n) is 8.01. The van der Waals surface area contributed by atoms with E-state index in [1.54, 1.807) is 0 Å². The van der Waals surface area contributed by atoms with Gasteiger partial charge in [0.15, 0.2) is 0 Å². The van der Waals surface area contributed by atoms with Crippen LogP contribution in [0.25, 0.3) is 58.8 Å². The molecular weight excluding hydrogens is 442 g/mol. The third kappa shape index (κ3) is 2.38. The Morgan fingerprint density at radius 1 is 0.600 bits per heavy atom. The molecule has 5 aromatic carbocycles. The SMILES string of the molecule is CC1(C)c2ccccc2-c2c(-n3c4ccccc4c4ccc5c6ccccc6sc5c43)cccc21. The topological polar surface area (TPSA) is 4.93 Å². The molecule has 0 fully saturated rings. The van der Waals surface area contributed by atoms with Crippen LogP contribution in [0.2, 0.25) is 0 Å². The van der Waals surface area contributed by atoms with E-state index in [1.807, 2.05) is 11.3 Å². The van der Waals surface area contributed by atoms with Gasteiger partial charge >= 0.3 is 0 Å². The summed E-state index contributed by atoms with van der Waals surface area (Å²) in [6.07, 6.45) is 0. The number of fused-ring (bicyclic) bond motifs is 10. The Morgan fingerprint density at radius 3 is 2.23 bits per heavy atom. The Hall–Kier alpha value is -3.88. The smallest absolute Gasteiger partial charge is 0.0720 e. The summed E-state index contributed by atoms with van der Waals surface area (Å²) in [5, 5.41) is 5.32. The van der Waals surface area contributed by atoms with Gasteiger partial charge in [-0.05, 0) is 34.9 Å². The zero-order valence-electron chi connectivity index (χ0n) is 19.7. The molecule has 0 bridgehead atoms. The van der Waals surface area contributed by atoms with Crippen molar-refractivity contribution < 1.29 is 0 Å². The lowest BCUT2D eigenvalue weighted by Gasteiger charge is -2.22. The van der Waals surface area contributed by atoms with Crippen LogP contribution < -0.4 is 0 Å². The van der Waals surface area contributed by atoms with Gasteiger partial charge in [0, 0.05) is 37.2 Å². The third-order valence-corrected chi connectivity index (χ3v) is 9.20. The standard InChI is InChI=1S/C33H23NS/c1-33(2)25-13-6-3-12-24(25)30-26(33)14-9-16-28(30)34-27-15-7-4-10-20(27)22-18-19-23-21-11-5-8-17-29(21)35-32(23)31(22)34/h3-19H,1-2H3. The quantitative estimate of drug-likeness (QED) is 0.227. The van der Waals surface area contributed by atoms with Gasteiger partial charge in [-0.25, -0.2) is 0 Å². The number of thiophene rings is 1. The zero-order chi connectivity index (χ0) is 23.3. The highest BCUT2D eigenvalue weighted by Gasteiger charge is 2.37. The molecule has 0 radical (unpaired) electrons. The van der Waals surface area contributed by atoms with Crippen LogP contribution in [0.4, 0.5) is 0 Å². The molecule has 0 saturated heterocycles. The van der Waals surface area contributed by atoms with E-state index < -0.39 is 0 Å². The molecule has 0 spiro atoms. The lowest BCUT2D eigenvalue weighted by molar-refractivity contribution is 0.660. The molecule has 8 rings (SSSR count). The Bertz CT molecular complexity index is 1980. The molecule has 35 heavy (non-hydrogen) atoms. The first-order chi connectivity index (χ1) is 17.1. The van der Waals surface area contributed by atoms with Crippen molar-refractivity contribution in [2.24, 2.45) is 0 Å². The van der Waals surface area contributed by atoms with Crippen LogP contribution in [-0.2, 0) is 5.41 Å². The fourth-order valence-electron chi connectivity index (χ4n) is 6.40. The van der Waals surface area contributed by atoms with Crippen LogP contribution in [0, 0.1) is 0 Å². The molecular formula is C33H23NS. The van der Waals surface area contributed by atoms with Gasteiger partial charge in [0.25, 0.3) is 0 Å². The molecule has 0 atom stereocenters. The van der Waals surface area contributed by atoms with E-state index in [1.165, 1.54) is 69.9 Å². The molecule has 1 nitrogen and oxygen atoms in total. The maximum Gasteiger partial charge on any atom is 0.0720 e. The molecule has 2 aromatic heterocycles.